The van der Waals surface area contributed by atoms with Crippen molar-refractivity contribution < 1.29 is 19.1 Å². The summed E-state index contributed by atoms with van der Waals surface area (Å²) in [5.41, 5.74) is 7.96. The van der Waals surface area contributed by atoms with Crippen molar-refractivity contribution in [3.05, 3.63) is 47.5 Å². The molecule has 0 saturated heterocycles. The fraction of sp³-hybridized carbons (Fsp3) is 0.222. The molecule has 1 aliphatic heterocycles. The summed E-state index contributed by atoms with van der Waals surface area (Å²) in [7, 11) is 0. The van der Waals surface area contributed by atoms with E-state index in [1.54, 1.807) is 30.3 Å². The summed E-state index contributed by atoms with van der Waals surface area (Å²) in [5, 5.41) is 5.60. The highest BCUT2D eigenvalue weighted by molar-refractivity contribution is 6.05. The van der Waals surface area contributed by atoms with Crippen molar-refractivity contribution in [2.24, 2.45) is 5.73 Å². The molecule has 0 unspecified atom stereocenters. The van der Waals surface area contributed by atoms with E-state index in [1.807, 2.05) is 13.0 Å². The molecule has 0 fully saturated rings. The number of rotatable bonds is 5. The zero-order valence-electron chi connectivity index (χ0n) is 13.8. The summed E-state index contributed by atoms with van der Waals surface area (Å²) in [6.07, 6.45) is 0.243. The molecule has 3 rings (SSSR count). The molecule has 7 heteroatoms. The van der Waals surface area contributed by atoms with Gasteiger partial charge < -0.3 is 25.8 Å². The SMILES string of the molecule is Cc1ccc(NC(=O)c2ccc3c(c2)OCO3)cc1NC(=O)CCN. The smallest absolute Gasteiger partial charge is 0.255 e. The molecule has 2 aromatic rings. The van der Waals surface area contributed by atoms with Gasteiger partial charge in [-0.3, -0.25) is 9.59 Å². The zero-order valence-corrected chi connectivity index (χ0v) is 13.8. The van der Waals surface area contributed by atoms with Gasteiger partial charge in [0, 0.05) is 29.9 Å². The number of anilines is 2. The van der Waals surface area contributed by atoms with Crippen LogP contribution in [0, 0.1) is 6.92 Å². The Labute approximate surface area is 145 Å². The fourth-order valence-corrected chi connectivity index (χ4v) is 2.42. The van der Waals surface area contributed by atoms with E-state index in [4.69, 9.17) is 15.2 Å². The molecule has 0 radical (unpaired) electrons. The lowest BCUT2D eigenvalue weighted by Gasteiger charge is -2.11. The number of nitrogens with one attached hydrogen (secondary N) is 2. The lowest BCUT2D eigenvalue weighted by Crippen LogP contribution is -2.17. The number of hydrogen-bond acceptors (Lipinski definition) is 5. The van der Waals surface area contributed by atoms with Gasteiger partial charge in [-0.05, 0) is 42.8 Å². The molecule has 4 N–H and O–H groups in total. The Hall–Kier alpha value is -3.06. The van der Waals surface area contributed by atoms with E-state index in [2.05, 4.69) is 10.6 Å². The van der Waals surface area contributed by atoms with Crippen molar-refractivity contribution in [2.45, 2.75) is 13.3 Å². The average molecular weight is 341 g/mol. The average Bonchev–Trinajstić information content (AvgIpc) is 3.05. The molecule has 1 heterocycles. The summed E-state index contributed by atoms with van der Waals surface area (Å²) >= 11 is 0. The first-order chi connectivity index (χ1) is 12.1. The minimum atomic E-state index is -0.276. The second-order valence-electron chi connectivity index (χ2n) is 5.64. The third-order valence-corrected chi connectivity index (χ3v) is 3.78. The number of carbonyl (C=O) groups is 2. The van der Waals surface area contributed by atoms with Crippen molar-refractivity contribution in [1.82, 2.24) is 0 Å². The van der Waals surface area contributed by atoms with Crippen molar-refractivity contribution in [3.8, 4) is 11.5 Å². The minimum Gasteiger partial charge on any atom is -0.454 e. The van der Waals surface area contributed by atoms with Gasteiger partial charge in [0.15, 0.2) is 11.5 Å². The molecular weight excluding hydrogens is 322 g/mol. The highest BCUT2D eigenvalue weighted by Crippen LogP contribution is 2.32. The van der Waals surface area contributed by atoms with Gasteiger partial charge in [0.05, 0.1) is 0 Å². The van der Waals surface area contributed by atoms with E-state index in [0.29, 0.717) is 28.4 Å². The summed E-state index contributed by atoms with van der Waals surface area (Å²) in [6, 6.07) is 10.3. The van der Waals surface area contributed by atoms with E-state index in [9.17, 15) is 9.59 Å². The van der Waals surface area contributed by atoms with E-state index in [1.165, 1.54) is 0 Å². The van der Waals surface area contributed by atoms with Crippen LogP contribution in [0.5, 0.6) is 11.5 Å². The Morgan fingerprint density at radius 2 is 1.88 bits per heavy atom. The van der Waals surface area contributed by atoms with Gasteiger partial charge in [-0.2, -0.15) is 0 Å². The second kappa shape index (κ2) is 7.23. The molecule has 0 saturated carbocycles. The van der Waals surface area contributed by atoms with Crippen molar-refractivity contribution in [1.29, 1.82) is 0 Å². The molecule has 130 valence electrons. The zero-order chi connectivity index (χ0) is 17.8. The molecule has 25 heavy (non-hydrogen) atoms. The highest BCUT2D eigenvalue weighted by Gasteiger charge is 2.16. The molecule has 2 aromatic carbocycles. The third-order valence-electron chi connectivity index (χ3n) is 3.78. The Morgan fingerprint density at radius 3 is 2.68 bits per heavy atom. The van der Waals surface area contributed by atoms with Crippen LogP contribution in [-0.4, -0.2) is 25.2 Å². The second-order valence-corrected chi connectivity index (χ2v) is 5.64. The molecule has 0 aromatic heterocycles. The lowest BCUT2D eigenvalue weighted by molar-refractivity contribution is -0.116. The number of nitrogens with two attached hydrogens (primary N) is 1. The molecule has 0 spiro atoms. The van der Waals surface area contributed by atoms with E-state index in [0.717, 1.165) is 5.56 Å². The maximum atomic E-state index is 12.4. The van der Waals surface area contributed by atoms with Gasteiger partial charge in [0.1, 0.15) is 0 Å². The van der Waals surface area contributed by atoms with Crippen LogP contribution in [0.2, 0.25) is 0 Å². The van der Waals surface area contributed by atoms with Gasteiger partial charge in [0.2, 0.25) is 12.7 Å². The summed E-state index contributed by atoms with van der Waals surface area (Å²) in [4.78, 5) is 24.1. The molecule has 0 bridgehead atoms. The van der Waals surface area contributed by atoms with Crippen LogP contribution in [0.25, 0.3) is 0 Å². The first-order valence-electron chi connectivity index (χ1n) is 7.88. The molecule has 2 amide bonds. The van der Waals surface area contributed by atoms with Crippen LogP contribution in [0.1, 0.15) is 22.3 Å². The standard InChI is InChI=1S/C18H19N3O4/c1-11-2-4-13(9-14(11)21-17(22)6-7-19)20-18(23)12-3-5-15-16(8-12)25-10-24-15/h2-5,8-9H,6-7,10,19H2,1H3,(H,20,23)(H,21,22). The Kier molecular flexibility index (Phi) is 4.85. The summed E-state index contributed by atoms with van der Waals surface area (Å²) in [6.45, 7) is 2.32. The largest absolute Gasteiger partial charge is 0.454 e. The Morgan fingerprint density at radius 1 is 1.08 bits per heavy atom. The van der Waals surface area contributed by atoms with E-state index >= 15 is 0 Å². The number of amides is 2. The van der Waals surface area contributed by atoms with Gasteiger partial charge >= 0.3 is 0 Å². The summed E-state index contributed by atoms with van der Waals surface area (Å²) < 4.78 is 10.5. The first kappa shape index (κ1) is 16.8. The number of aryl methyl sites for hydroxylation is 1. The quantitative estimate of drug-likeness (QED) is 0.774. The number of ether oxygens (including phenoxy) is 2. The monoisotopic (exact) mass is 341 g/mol. The van der Waals surface area contributed by atoms with Crippen molar-refractivity contribution in [2.75, 3.05) is 24.0 Å². The third kappa shape index (κ3) is 3.89. The van der Waals surface area contributed by atoms with Crippen LogP contribution >= 0.6 is 0 Å². The number of carbonyl (C=O) groups excluding carboxylic acids is 2. The molecule has 1 aliphatic rings. The van der Waals surface area contributed by atoms with Crippen LogP contribution in [-0.2, 0) is 4.79 Å². The minimum absolute atomic E-state index is 0.157. The van der Waals surface area contributed by atoms with Crippen LogP contribution in [0.15, 0.2) is 36.4 Å². The number of benzene rings is 2. The lowest BCUT2D eigenvalue weighted by atomic mass is 10.1. The van der Waals surface area contributed by atoms with Gasteiger partial charge in [-0.15, -0.1) is 0 Å². The van der Waals surface area contributed by atoms with Gasteiger partial charge in [-0.1, -0.05) is 6.07 Å². The Balaban J connectivity index is 1.74. The van der Waals surface area contributed by atoms with E-state index < -0.39 is 0 Å². The Bertz CT molecular complexity index is 820. The fourth-order valence-electron chi connectivity index (χ4n) is 2.42. The molecule has 7 nitrogen and oxygen atoms in total. The predicted molar refractivity (Wildman–Crippen MR) is 94.0 cm³/mol. The molecule has 0 atom stereocenters. The van der Waals surface area contributed by atoms with E-state index in [-0.39, 0.29) is 31.6 Å². The maximum absolute atomic E-state index is 12.4. The van der Waals surface area contributed by atoms with Gasteiger partial charge in [-0.25, -0.2) is 0 Å². The van der Waals surface area contributed by atoms with Crippen molar-refractivity contribution >= 4 is 23.2 Å². The normalized spacial score (nSPS) is 11.9. The van der Waals surface area contributed by atoms with Gasteiger partial charge in [0.25, 0.3) is 5.91 Å². The van der Waals surface area contributed by atoms with Crippen LogP contribution < -0.4 is 25.8 Å². The molecular formula is C18H19N3O4. The summed E-state index contributed by atoms with van der Waals surface area (Å²) in [5.74, 6) is 0.731. The number of hydrogen-bond donors (Lipinski definition) is 3. The number of fused-ring (bicyclic) bond motifs is 1. The van der Waals surface area contributed by atoms with Crippen molar-refractivity contribution in [3.63, 3.8) is 0 Å². The first-order valence-corrected chi connectivity index (χ1v) is 7.88. The predicted octanol–water partition coefficient (Wildman–Crippen LogP) is 2.26. The highest BCUT2D eigenvalue weighted by atomic mass is 16.7. The van der Waals surface area contributed by atoms with Crippen LogP contribution in [0.3, 0.4) is 0 Å². The topological polar surface area (TPSA) is 103 Å². The molecule has 0 aliphatic carbocycles. The van der Waals surface area contributed by atoms with Crippen LogP contribution in [0.4, 0.5) is 11.4 Å². The maximum Gasteiger partial charge on any atom is 0.255 e.